The van der Waals surface area contributed by atoms with Crippen LogP contribution in [0.2, 0.25) is 0 Å². The van der Waals surface area contributed by atoms with Gasteiger partial charge >= 0.3 is 0 Å². The molecular formula is C28H31N7OS. The van der Waals surface area contributed by atoms with Crippen molar-refractivity contribution < 1.29 is 4.79 Å². The summed E-state index contributed by atoms with van der Waals surface area (Å²) in [6, 6.07) is 9.30. The topological polar surface area (TPSA) is 89.5 Å². The number of hydrogen-bond acceptors (Lipinski definition) is 7. The van der Waals surface area contributed by atoms with Gasteiger partial charge in [-0.15, -0.1) is 11.3 Å². The van der Waals surface area contributed by atoms with Gasteiger partial charge in [0.25, 0.3) is 0 Å². The van der Waals surface area contributed by atoms with E-state index in [0.29, 0.717) is 30.6 Å². The predicted octanol–water partition coefficient (Wildman–Crippen LogP) is 4.70. The Morgan fingerprint density at radius 2 is 2.19 bits per heavy atom. The zero-order chi connectivity index (χ0) is 25.5. The third kappa shape index (κ3) is 4.34. The van der Waals surface area contributed by atoms with E-state index in [0.717, 1.165) is 60.0 Å². The molecule has 0 bridgehead atoms. The number of fused-ring (bicyclic) bond motifs is 2. The monoisotopic (exact) mass is 513 g/mol. The molecule has 1 amide bonds. The number of anilines is 2. The Kier molecular flexibility index (Phi) is 6.31. The molecule has 5 heterocycles. The minimum absolute atomic E-state index is 0.0264. The highest BCUT2D eigenvalue weighted by Gasteiger charge is 2.42. The zero-order valence-corrected chi connectivity index (χ0v) is 22.1. The maximum absolute atomic E-state index is 12.0. The molecule has 3 aliphatic heterocycles. The lowest BCUT2D eigenvalue weighted by Crippen LogP contribution is -2.35. The second-order valence-electron chi connectivity index (χ2n) is 10.2. The van der Waals surface area contributed by atoms with Crippen LogP contribution in [-0.2, 0) is 17.9 Å². The first-order chi connectivity index (χ1) is 18.1. The molecule has 3 aromatic rings. The number of nitrogens with zero attached hydrogens (tertiary/aromatic N) is 6. The smallest absolute Gasteiger partial charge is 0.224 e. The summed E-state index contributed by atoms with van der Waals surface area (Å²) in [7, 11) is 0. The molecule has 0 spiro atoms. The molecule has 0 aliphatic carbocycles. The summed E-state index contributed by atoms with van der Waals surface area (Å²) in [6.45, 7) is 8.57. The van der Waals surface area contributed by atoms with Crippen LogP contribution in [0.3, 0.4) is 0 Å². The van der Waals surface area contributed by atoms with E-state index < -0.39 is 0 Å². The number of thiazole rings is 1. The highest BCUT2D eigenvalue weighted by atomic mass is 32.1. The summed E-state index contributed by atoms with van der Waals surface area (Å²) in [4.78, 5) is 26.0. The summed E-state index contributed by atoms with van der Waals surface area (Å²) >= 11 is 1.50. The van der Waals surface area contributed by atoms with Crippen molar-refractivity contribution in [1.82, 2.24) is 14.5 Å². The first-order valence-electron chi connectivity index (χ1n) is 13.0. The van der Waals surface area contributed by atoms with Crippen molar-refractivity contribution in [2.24, 2.45) is 10.9 Å². The fraction of sp³-hybridized carbons (Fsp3) is 0.429. The van der Waals surface area contributed by atoms with Crippen molar-refractivity contribution in [3.05, 3.63) is 52.3 Å². The van der Waals surface area contributed by atoms with Crippen molar-refractivity contribution in [3.63, 3.8) is 0 Å². The van der Waals surface area contributed by atoms with Gasteiger partial charge in [-0.25, -0.2) is 4.98 Å². The van der Waals surface area contributed by atoms with Crippen LogP contribution >= 0.6 is 11.3 Å². The average Bonchev–Trinajstić information content (AvgIpc) is 3.71. The molecule has 2 atom stereocenters. The summed E-state index contributed by atoms with van der Waals surface area (Å²) in [6.07, 6.45) is 6.54. The zero-order valence-electron chi connectivity index (χ0n) is 21.3. The van der Waals surface area contributed by atoms with Crippen LogP contribution in [0.4, 0.5) is 10.8 Å². The molecule has 2 fully saturated rings. The quantitative estimate of drug-likeness (QED) is 0.495. The van der Waals surface area contributed by atoms with Crippen LogP contribution in [0.1, 0.15) is 43.0 Å². The molecule has 3 aliphatic rings. The number of carbonyl (C=O) groups is 1. The molecule has 8 nitrogen and oxygen atoms in total. The number of nitriles is 1. The van der Waals surface area contributed by atoms with Crippen molar-refractivity contribution >= 4 is 45.2 Å². The van der Waals surface area contributed by atoms with Gasteiger partial charge in [-0.1, -0.05) is 19.1 Å². The minimum atomic E-state index is 0.0264. The molecule has 9 heteroatoms. The predicted molar refractivity (Wildman–Crippen MR) is 148 cm³/mol. The number of aromatic nitrogens is 2. The van der Waals surface area contributed by atoms with Crippen molar-refractivity contribution in [3.8, 4) is 6.07 Å². The van der Waals surface area contributed by atoms with Gasteiger partial charge in [-0.05, 0) is 49.1 Å². The molecule has 190 valence electrons. The minimum Gasteiger partial charge on any atom is -0.352 e. The SMILES string of the molecule is CCC(=O)Nc1scnc1N1CC2CCN(Cc3ccc4c(cc(C#N)n4CC4=CCC=N4)c3C)C2C1. The van der Waals surface area contributed by atoms with Crippen LogP contribution in [0.25, 0.3) is 10.9 Å². The number of allylic oxidation sites excluding steroid dienone is 2. The van der Waals surface area contributed by atoms with Gasteiger partial charge in [0, 0.05) is 55.6 Å². The largest absolute Gasteiger partial charge is 0.352 e. The second kappa shape index (κ2) is 9.77. The number of aryl methyl sites for hydroxylation is 1. The maximum atomic E-state index is 12.0. The molecule has 37 heavy (non-hydrogen) atoms. The van der Waals surface area contributed by atoms with Crippen LogP contribution < -0.4 is 10.2 Å². The molecule has 2 aromatic heterocycles. The molecule has 1 N–H and O–H groups in total. The Morgan fingerprint density at radius 3 is 2.97 bits per heavy atom. The van der Waals surface area contributed by atoms with E-state index in [-0.39, 0.29) is 5.91 Å². The highest BCUT2D eigenvalue weighted by Crippen LogP contribution is 2.39. The van der Waals surface area contributed by atoms with E-state index >= 15 is 0 Å². The molecule has 2 unspecified atom stereocenters. The van der Waals surface area contributed by atoms with Crippen molar-refractivity contribution in [1.29, 1.82) is 5.26 Å². The summed E-state index contributed by atoms with van der Waals surface area (Å²) < 4.78 is 2.09. The normalized spacial score (nSPS) is 21.0. The maximum Gasteiger partial charge on any atom is 0.224 e. The van der Waals surface area contributed by atoms with E-state index in [1.807, 2.05) is 24.7 Å². The highest BCUT2D eigenvalue weighted by molar-refractivity contribution is 7.14. The molecule has 0 saturated carbocycles. The van der Waals surface area contributed by atoms with E-state index in [1.165, 1.54) is 28.9 Å². The Morgan fingerprint density at radius 1 is 1.30 bits per heavy atom. The van der Waals surface area contributed by atoms with Gasteiger partial charge in [0.1, 0.15) is 16.8 Å². The van der Waals surface area contributed by atoms with Crippen LogP contribution in [-0.4, -0.2) is 52.2 Å². The first-order valence-corrected chi connectivity index (χ1v) is 13.9. The fourth-order valence-electron chi connectivity index (χ4n) is 6.04. The third-order valence-corrected chi connectivity index (χ3v) is 8.81. The number of benzene rings is 1. The number of carbonyl (C=O) groups excluding carboxylic acids is 1. The first kappa shape index (κ1) is 23.9. The van der Waals surface area contributed by atoms with Crippen molar-refractivity contribution in [2.75, 3.05) is 29.9 Å². The van der Waals surface area contributed by atoms with Gasteiger partial charge in [0.05, 0.1) is 17.8 Å². The van der Waals surface area contributed by atoms with Crippen molar-refractivity contribution in [2.45, 2.75) is 52.2 Å². The van der Waals surface area contributed by atoms with Crippen LogP contribution in [0.15, 0.2) is 40.5 Å². The Bertz CT molecular complexity index is 1460. The average molecular weight is 514 g/mol. The summed E-state index contributed by atoms with van der Waals surface area (Å²) in [5.74, 6) is 1.54. The second-order valence-corrected chi connectivity index (χ2v) is 11.0. The fourth-order valence-corrected chi connectivity index (χ4v) is 6.76. The third-order valence-electron chi connectivity index (χ3n) is 8.08. The number of nitrogens with one attached hydrogen (secondary N) is 1. The van der Waals surface area contributed by atoms with Gasteiger partial charge in [0.2, 0.25) is 5.91 Å². The molecule has 6 rings (SSSR count). The van der Waals surface area contributed by atoms with Gasteiger partial charge < -0.3 is 14.8 Å². The number of likely N-dealkylation sites (tertiary alicyclic amines) is 1. The molecular weight excluding hydrogens is 482 g/mol. The lowest BCUT2D eigenvalue weighted by molar-refractivity contribution is -0.115. The lowest BCUT2D eigenvalue weighted by atomic mass is 10.0. The molecule has 1 aromatic carbocycles. The van der Waals surface area contributed by atoms with Gasteiger partial charge in [-0.2, -0.15) is 5.26 Å². The van der Waals surface area contributed by atoms with E-state index in [9.17, 15) is 10.1 Å². The molecule has 0 radical (unpaired) electrons. The Labute approximate surface area is 220 Å². The van der Waals surface area contributed by atoms with E-state index in [4.69, 9.17) is 0 Å². The van der Waals surface area contributed by atoms with Crippen LogP contribution in [0, 0.1) is 24.2 Å². The van der Waals surface area contributed by atoms with E-state index in [2.05, 4.69) is 60.9 Å². The van der Waals surface area contributed by atoms with Gasteiger partial charge in [0.15, 0.2) is 5.82 Å². The lowest BCUT2D eigenvalue weighted by Gasteiger charge is -2.26. The summed E-state index contributed by atoms with van der Waals surface area (Å²) in [5, 5.41) is 14.8. The van der Waals surface area contributed by atoms with Crippen LogP contribution in [0.5, 0.6) is 0 Å². The standard InChI is InChI=1S/C28H31N7OS/c1-3-26(36)32-28-27(31-17-37-28)34-14-20-8-10-33(25(20)16-34)13-19-6-7-24-23(18(19)2)11-22(12-29)35(24)15-21-5-4-9-30-21/h5-7,9,11,17,20,25H,3-4,8,10,13-16H2,1-2H3,(H,32,36). The van der Waals surface area contributed by atoms with E-state index in [1.54, 1.807) is 0 Å². The number of hydrogen-bond donors (Lipinski definition) is 1. The number of amides is 1. The summed E-state index contributed by atoms with van der Waals surface area (Å²) in [5.41, 5.74) is 7.18. The Hall–Kier alpha value is -3.48. The number of aliphatic imine (C=N–C) groups is 1. The number of rotatable bonds is 7. The van der Waals surface area contributed by atoms with Gasteiger partial charge in [-0.3, -0.25) is 14.7 Å². The Balaban J connectivity index is 1.21. The molecule has 2 saturated heterocycles.